The minimum absolute atomic E-state index is 0.0504. The van der Waals surface area contributed by atoms with E-state index in [-0.39, 0.29) is 12.1 Å². The van der Waals surface area contributed by atoms with Crippen LogP contribution in [-0.4, -0.2) is 56.7 Å². The maximum Gasteiger partial charge on any atom is 0.315 e. The molecule has 0 radical (unpaired) electrons. The number of nitrogens with one attached hydrogen (secondary N) is 2. The highest BCUT2D eigenvalue weighted by molar-refractivity contribution is 5.74. The molecule has 0 aliphatic carbocycles. The quantitative estimate of drug-likeness (QED) is 0.845. The van der Waals surface area contributed by atoms with Crippen LogP contribution < -0.4 is 15.5 Å². The Labute approximate surface area is 140 Å². The zero-order chi connectivity index (χ0) is 16.7. The lowest BCUT2D eigenvalue weighted by Gasteiger charge is -2.30. The van der Waals surface area contributed by atoms with Gasteiger partial charge in [-0.3, -0.25) is 0 Å². The Morgan fingerprint density at radius 3 is 2.96 bits per heavy atom. The lowest BCUT2D eigenvalue weighted by atomic mass is 10.1. The van der Waals surface area contributed by atoms with Gasteiger partial charge in [0.25, 0.3) is 0 Å². The number of rotatable bonds is 6. The molecule has 5 heteroatoms. The summed E-state index contributed by atoms with van der Waals surface area (Å²) < 4.78 is 0. The van der Waals surface area contributed by atoms with E-state index < -0.39 is 0 Å². The second-order valence-electron chi connectivity index (χ2n) is 6.42. The first-order valence-corrected chi connectivity index (χ1v) is 8.63. The topological polar surface area (TPSA) is 47.6 Å². The Morgan fingerprint density at radius 2 is 2.26 bits per heavy atom. The number of carbonyl (C=O) groups excluding carboxylic acids is 1. The van der Waals surface area contributed by atoms with Gasteiger partial charge in [-0.15, -0.1) is 0 Å². The number of anilines is 1. The zero-order valence-electron chi connectivity index (χ0n) is 14.6. The third kappa shape index (κ3) is 5.75. The lowest BCUT2D eigenvalue weighted by molar-refractivity contribution is 0.209. The molecule has 2 amide bonds. The van der Waals surface area contributed by atoms with E-state index in [0.717, 1.165) is 39.0 Å². The Bertz CT molecular complexity index is 506. The minimum Gasteiger partial charge on any atom is -0.370 e. The van der Waals surface area contributed by atoms with Gasteiger partial charge in [0.15, 0.2) is 0 Å². The second-order valence-corrected chi connectivity index (χ2v) is 6.42. The lowest BCUT2D eigenvalue weighted by Crippen LogP contribution is -2.50. The van der Waals surface area contributed by atoms with Crippen LogP contribution in [-0.2, 0) is 0 Å². The molecular formula is C18H30N4O. The van der Waals surface area contributed by atoms with E-state index in [9.17, 15) is 4.79 Å². The summed E-state index contributed by atoms with van der Waals surface area (Å²) in [7, 11) is 2.10. The molecule has 2 N–H and O–H groups in total. The van der Waals surface area contributed by atoms with Gasteiger partial charge in [0, 0.05) is 37.9 Å². The molecule has 23 heavy (non-hydrogen) atoms. The van der Waals surface area contributed by atoms with Crippen LogP contribution in [0.15, 0.2) is 24.3 Å². The standard InChI is InChI=1S/C18H30N4O/c1-4-22(17-9-5-7-15(2)13-17)12-10-19-18(23)20-16-8-6-11-21(3)14-16/h5,7,9,13,16H,4,6,8,10-12,14H2,1-3H3,(H2,19,20,23). The molecule has 1 aliphatic rings. The summed E-state index contributed by atoms with van der Waals surface area (Å²) in [5.41, 5.74) is 2.47. The molecule has 1 heterocycles. The van der Waals surface area contributed by atoms with Crippen LogP contribution >= 0.6 is 0 Å². The zero-order valence-corrected chi connectivity index (χ0v) is 14.6. The van der Waals surface area contributed by atoms with E-state index in [1.165, 1.54) is 11.3 Å². The van der Waals surface area contributed by atoms with Crippen LogP contribution in [0.1, 0.15) is 25.3 Å². The molecule has 1 atom stereocenters. The highest BCUT2D eigenvalue weighted by atomic mass is 16.2. The number of nitrogens with zero attached hydrogens (tertiary/aromatic N) is 2. The molecule has 128 valence electrons. The van der Waals surface area contributed by atoms with E-state index in [1.54, 1.807) is 0 Å². The number of likely N-dealkylation sites (N-methyl/N-ethyl adjacent to an activating group) is 2. The van der Waals surface area contributed by atoms with Gasteiger partial charge in [0.2, 0.25) is 0 Å². The van der Waals surface area contributed by atoms with Crippen LogP contribution in [0.2, 0.25) is 0 Å². The van der Waals surface area contributed by atoms with Crippen molar-refractivity contribution >= 4 is 11.7 Å². The average Bonchev–Trinajstić information content (AvgIpc) is 2.51. The SMILES string of the molecule is CCN(CCNC(=O)NC1CCCN(C)C1)c1cccc(C)c1. The Kier molecular flexibility index (Phi) is 6.71. The molecule has 1 unspecified atom stereocenters. The smallest absolute Gasteiger partial charge is 0.315 e. The number of likely N-dealkylation sites (tertiary alicyclic amines) is 1. The van der Waals surface area contributed by atoms with Crippen LogP contribution in [0, 0.1) is 6.92 Å². The summed E-state index contributed by atoms with van der Waals surface area (Å²) in [5, 5.41) is 6.06. The molecule has 1 fully saturated rings. The molecule has 0 saturated carbocycles. The molecule has 1 aromatic carbocycles. The van der Waals surface area contributed by atoms with E-state index >= 15 is 0 Å². The van der Waals surface area contributed by atoms with Crippen LogP contribution in [0.3, 0.4) is 0 Å². The number of aryl methyl sites for hydroxylation is 1. The first-order chi connectivity index (χ1) is 11.1. The number of urea groups is 1. The highest BCUT2D eigenvalue weighted by Gasteiger charge is 2.18. The van der Waals surface area contributed by atoms with E-state index in [4.69, 9.17) is 0 Å². The van der Waals surface area contributed by atoms with Crippen molar-refractivity contribution in [1.29, 1.82) is 0 Å². The summed E-state index contributed by atoms with van der Waals surface area (Å²) in [4.78, 5) is 16.6. The number of benzene rings is 1. The monoisotopic (exact) mass is 318 g/mol. The number of carbonyl (C=O) groups is 1. The Balaban J connectivity index is 1.73. The molecular weight excluding hydrogens is 288 g/mol. The fraction of sp³-hybridized carbons (Fsp3) is 0.611. The molecule has 2 rings (SSSR count). The van der Waals surface area contributed by atoms with Crippen molar-refractivity contribution in [2.75, 3.05) is 44.7 Å². The normalized spacial score (nSPS) is 18.5. The predicted octanol–water partition coefficient (Wildman–Crippen LogP) is 2.21. The van der Waals surface area contributed by atoms with Gasteiger partial charge in [-0.2, -0.15) is 0 Å². The fourth-order valence-corrected chi connectivity index (χ4v) is 3.12. The molecule has 1 saturated heterocycles. The maximum atomic E-state index is 12.0. The van der Waals surface area contributed by atoms with Gasteiger partial charge in [0.05, 0.1) is 0 Å². The van der Waals surface area contributed by atoms with Crippen molar-refractivity contribution in [3.05, 3.63) is 29.8 Å². The van der Waals surface area contributed by atoms with Gasteiger partial charge < -0.3 is 20.4 Å². The fourth-order valence-electron chi connectivity index (χ4n) is 3.12. The molecule has 1 aromatic rings. The molecule has 0 bridgehead atoms. The Hall–Kier alpha value is -1.75. The van der Waals surface area contributed by atoms with Crippen molar-refractivity contribution in [3.63, 3.8) is 0 Å². The van der Waals surface area contributed by atoms with Gasteiger partial charge in [0.1, 0.15) is 0 Å². The summed E-state index contributed by atoms with van der Waals surface area (Å²) in [5.74, 6) is 0. The largest absolute Gasteiger partial charge is 0.370 e. The van der Waals surface area contributed by atoms with Gasteiger partial charge in [-0.05, 0) is 58.0 Å². The number of hydrogen-bond acceptors (Lipinski definition) is 3. The average molecular weight is 318 g/mol. The van der Waals surface area contributed by atoms with Crippen LogP contribution in [0.5, 0.6) is 0 Å². The first-order valence-electron chi connectivity index (χ1n) is 8.63. The predicted molar refractivity (Wildman–Crippen MR) is 96.1 cm³/mol. The molecule has 5 nitrogen and oxygen atoms in total. The minimum atomic E-state index is -0.0504. The summed E-state index contributed by atoms with van der Waals surface area (Å²) in [6.07, 6.45) is 2.22. The summed E-state index contributed by atoms with van der Waals surface area (Å²) in [6, 6.07) is 8.70. The van der Waals surface area contributed by atoms with Crippen molar-refractivity contribution in [2.45, 2.75) is 32.7 Å². The number of hydrogen-bond donors (Lipinski definition) is 2. The van der Waals surface area contributed by atoms with Gasteiger partial charge >= 0.3 is 6.03 Å². The van der Waals surface area contributed by atoms with E-state index in [0.29, 0.717) is 6.54 Å². The number of amides is 2. The van der Waals surface area contributed by atoms with Crippen LogP contribution in [0.4, 0.5) is 10.5 Å². The number of piperidine rings is 1. The third-order valence-corrected chi connectivity index (χ3v) is 4.38. The molecule has 0 spiro atoms. The summed E-state index contributed by atoms with van der Waals surface area (Å²) in [6.45, 7) is 8.71. The molecule has 0 aromatic heterocycles. The summed E-state index contributed by atoms with van der Waals surface area (Å²) >= 11 is 0. The van der Waals surface area contributed by atoms with Crippen molar-refractivity contribution in [1.82, 2.24) is 15.5 Å². The maximum absolute atomic E-state index is 12.0. The Morgan fingerprint density at radius 1 is 1.43 bits per heavy atom. The van der Waals surface area contributed by atoms with Gasteiger partial charge in [-0.25, -0.2) is 4.79 Å². The van der Waals surface area contributed by atoms with Crippen molar-refractivity contribution < 1.29 is 4.79 Å². The first kappa shape index (κ1) is 17.6. The second kappa shape index (κ2) is 8.77. The van der Waals surface area contributed by atoms with Crippen LogP contribution in [0.25, 0.3) is 0 Å². The van der Waals surface area contributed by atoms with E-state index in [1.807, 2.05) is 0 Å². The van der Waals surface area contributed by atoms with E-state index in [2.05, 4.69) is 65.6 Å². The molecule has 1 aliphatic heterocycles. The van der Waals surface area contributed by atoms with Gasteiger partial charge in [-0.1, -0.05) is 12.1 Å². The highest BCUT2D eigenvalue weighted by Crippen LogP contribution is 2.15. The van der Waals surface area contributed by atoms with Crippen molar-refractivity contribution in [2.24, 2.45) is 0 Å². The van der Waals surface area contributed by atoms with Crippen molar-refractivity contribution in [3.8, 4) is 0 Å². The third-order valence-electron chi connectivity index (χ3n) is 4.38.